The van der Waals surface area contributed by atoms with E-state index < -0.39 is 23.5 Å². The first-order chi connectivity index (χ1) is 10.9. The third-order valence-corrected chi connectivity index (χ3v) is 4.62. The summed E-state index contributed by atoms with van der Waals surface area (Å²) in [4.78, 5) is 19.1. The summed E-state index contributed by atoms with van der Waals surface area (Å²) < 4.78 is 39.7. The Balaban J connectivity index is 1.59. The monoisotopic (exact) mass is 341 g/mol. The second kappa shape index (κ2) is 6.29. The van der Waals surface area contributed by atoms with Gasteiger partial charge in [0, 0.05) is 23.4 Å². The minimum absolute atomic E-state index is 0.00732. The number of rotatable bonds is 4. The smallest absolute Gasteiger partial charge is 0.224 e. The number of carbonyl (C=O) groups is 1. The fourth-order valence-electron chi connectivity index (χ4n) is 2.57. The summed E-state index contributed by atoms with van der Waals surface area (Å²) in [5.41, 5.74) is 8.46. The van der Waals surface area contributed by atoms with Crippen molar-refractivity contribution in [2.45, 2.75) is 32.0 Å². The molecule has 2 heterocycles. The number of hydrogen-bond acceptors (Lipinski definition) is 4. The van der Waals surface area contributed by atoms with Gasteiger partial charge in [0.25, 0.3) is 0 Å². The van der Waals surface area contributed by atoms with E-state index in [1.165, 1.54) is 11.3 Å². The standard InChI is InChI=1S/C15H14F3N3OS/c16-10-4-12(18)11(17)2-8(10)1-9(19)3-15(22)21-5-13-14(6-21)23-7-20-13/h2,4,7,9H,1,3,5-6,19H2/t9-/m1/s1. The molecule has 23 heavy (non-hydrogen) atoms. The number of fused-ring (bicyclic) bond motifs is 1. The molecule has 0 spiro atoms. The summed E-state index contributed by atoms with van der Waals surface area (Å²) in [6, 6.07) is 0.601. The summed E-state index contributed by atoms with van der Waals surface area (Å²) in [6.07, 6.45) is -0.0317. The predicted molar refractivity (Wildman–Crippen MR) is 79.0 cm³/mol. The molecule has 0 saturated carbocycles. The number of halogens is 3. The van der Waals surface area contributed by atoms with Crippen molar-refractivity contribution in [2.75, 3.05) is 0 Å². The van der Waals surface area contributed by atoms with Crippen molar-refractivity contribution in [1.82, 2.24) is 9.88 Å². The molecule has 1 aliphatic heterocycles. The van der Waals surface area contributed by atoms with E-state index in [0.717, 1.165) is 16.6 Å². The van der Waals surface area contributed by atoms with Gasteiger partial charge >= 0.3 is 0 Å². The topological polar surface area (TPSA) is 59.2 Å². The molecule has 2 N–H and O–H groups in total. The molecule has 2 aromatic rings. The van der Waals surface area contributed by atoms with Crippen molar-refractivity contribution < 1.29 is 18.0 Å². The molecule has 0 aliphatic carbocycles. The lowest BCUT2D eigenvalue weighted by molar-refractivity contribution is -0.132. The number of hydrogen-bond donors (Lipinski definition) is 1. The minimum atomic E-state index is -1.24. The molecule has 122 valence electrons. The van der Waals surface area contributed by atoms with Gasteiger partial charge in [0.15, 0.2) is 11.6 Å². The van der Waals surface area contributed by atoms with Gasteiger partial charge in [0.1, 0.15) is 5.82 Å². The van der Waals surface area contributed by atoms with Gasteiger partial charge in [-0.05, 0) is 18.1 Å². The van der Waals surface area contributed by atoms with Crippen LogP contribution in [-0.4, -0.2) is 21.8 Å². The number of nitrogens with two attached hydrogens (primary N) is 1. The van der Waals surface area contributed by atoms with Crippen LogP contribution in [0.1, 0.15) is 22.6 Å². The molecule has 4 nitrogen and oxygen atoms in total. The van der Waals surface area contributed by atoms with Gasteiger partial charge in [-0.1, -0.05) is 0 Å². The lowest BCUT2D eigenvalue weighted by atomic mass is 10.0. The first kappa shape index (κ1) is 15.9. The van der Waals surface area contributed by atoms with Crippen LogP contribution in [-0.2, 0) is 24.3 Å². The number of nitrogens with zero attached hydrogens (tertiary/aromatic N) is 2. The molecule has 0 bridgehead atoms. The fraction of sp³-hybridized carbons (Fsp3) is 0.333. The fourth-order valence-corrected chi connectivity index (χ4v) is 3.36. The van der Waals surface area contributed by atoms with Crippen LogP contribution in [0.25, 0.3) is 0 Å². The van der Waals surface area contributed by atoms with Crippen LogP contribution >= 0.6 is 11.3 Å². The van der Waals surface area contributed by atoms with Gasteiger partial charge < -0.3 is 10.6 Å². The van der Waals surface area contributed by atoms with Crippen molar-refractivity contribution in [1.29, 1.82) is 0 Å². The molecule has 0 fully saturated rings. The van der Waals surface area contributed by atoms with Crippen LogP contribution in [0.4, 0.5) is 13.2 Å². The molecule has 0 unspecified atom stereocenters. The van der Waals surface area contributed by atoms with Crippen LogP contribution in [0.3, 0.4) is 0 Å². The van der Waals surface area contributed by atoms with Gasteiger partial charge in [-0.2, -0.15) is 0 Å². The number of thiazole rings is 1. The zero-order valence-electron chi connectivity index (χ0n) is 12.1. The van der Waals surface area contributed by atoms with E-state index in [0.29, 0.717) is 19.2 Å². The number of amides is 1. The molecule has 1 atom stereocenters. The van der Waals surface area contributed by atoms with E-state index in [1.807, 2.05) is 0 Å². The van der Waals surface area contributed by atoms with Gasteiger partial charge in [-0.3, -0.25) is 4.79 Å². The molecule has 0 radical (unpaired) electrons. The lowest BCUT2D eigenvalue weighted by Crippen LogP contribution is -2.34. The quantitative estimate of drug-likeness (QED) is 0.869. The van der Waals surface area contributed by atoms with Crippen LogP contribution in [0.5, 0.6) is 0 Å². The highest BCUT2D eigenvalue weighted by Gasteiger charge is 2.26. The Kier molecular flexibility index (Phi) is 4.36. The van der Waals surface area contributed by atoms with E-state index in [-0.39, 0.29) is 24.3 Å². The van der Waals surface area contributed by atoms with Crippen molar-refractivity contribution >= 4 is 17.2 Å². The van der Waals surface area contributed by atoms with Crippen molar-refractivity contribution in [3.8, 4) is 0 Å². The average Bonchev–Trinajstić information content (AvgIpc) is 3.05. The van der Waals surface area contributed by atoms with Crippen LogP contribution < -0.4 is 5.73 Å². The first-order valence-electron chi connectivity index (χ1n) is 7.02. The zero-order chi connectivity index (χ0) is 16.6. The molecule has 0 saturated heterocycles. The predicted octanol–water partition coefficient (Wildman–Crippen LogP) is 2.36. The third-order valence-electron chi connectivity index (χ3n) is 3.76. The Morgan fingerprint density at radius 3 is 2.74 bits per heavy atom. The molecule has 8 heteroatoms. The largest absolute Gasteiger partial charge is 0.331 e. The number of benzene rings is 1. The summed E-state index contributed by atoms with van der Waals surface area (Å²) in [6.45, 7) is 0.953. The summed E-state index contributed by atoms with van der Waals surface area (Å²) in [5.74, 6) is -3.40. The van der Waals surface area contributed by atoms with E-state index in [2.05, 4.69) is 4.98 Å². The maximum Gasteiger partial charge on any atom is 0.224 e. The van der Waals surface area contributed by atoms with E-state index >= 15 is 0 Å². The van der Waals surface area contributed by atoms with Crippen molar-refractivity contribution in [3.05, 3.63) is 51.2 Å². The Morgan fingerprint density at radius 1 is 1.26 bits per heavy atom. The molecule has 1 aromatic carbocycles. The SMILES string of the molecule is N[C@@H](CC(=O)N1Cc2ncsc2C1)Cc1cc(F)c(F)cc1F. The summed E-state index contributed by atoms with van der Waals surface area (Å²) in [7, 11) is 0. The molecule has 1 aliphatic rings. The third kappa shape index (κ3) is 3.37. The highest BCUT2D eigenvalue weighted by atomic mass is 32.1. The molecule has 3 rings (SSSR count). The number of carbonyl (C=O) groups excluding carboxylic acids is 1. The molecule has 1 amide bonds. The average molecular weight is 341 g/mol. The second-order valence-corrected chi connectivity index (χ2v) is 6.44. The van der Waals surface area contributed by atoms with Gasteiger partial charge in [-0.15, -0.1) is 11.3 Å². The highest BCUT2D eigenvalue weighted by Crippen LogP contribution is 2.26. The van der Waals surface area contributed by atoms with Gasteiger partial charge in [0.2, 0.25) is 5.91 Å². The Labute approximate surface area is 134 Å². The summed E-state index contributed by atoms with van der Waals surface area (Å²) in [5, 5.41) is 0. The first-order valence-corrected chi connectivity index (χ1v) is 7.90. The molecular formula is C15H14F3N3OS. The van der Waals surface area contributed by atoms with Crippen molar-refractivity contribution in [3.63, 3.8) is 0 Å². The van der Waals surface area contributed by atoms with E-state index in [9.17, 15) is 18.0 Å². The Bertz CT molecular complexity index is 729. The lowest BCUT2D eigenvalue weighted by Gasteiger charge is -2.18. The van der Waals surface area contributed by atoms with Gasteiger partial charge in [0.05, 0.1) is 24.3 Å². The normalized spacial score (nSPS) is 14.9. The van der Waals surface area contributed by atoms with Crippen LogP contribution in [0, 0.1) is 17.5 Å². The van der Waals surface area contributed by atoms with Gasteiger partial charge in [-0.25, -0.2) is 18.2 Å². The number of aromatic nitrogens is 1. The Morgan fingerprint density at radius 2 is 2.00 bits per heavy atom. The van der Waals surface area contributed by atoms with E-state index in [1.54, 1.807) is 10.4 Å². The second-order valence-electron chi connectivity index (χ2n) is 5.50. The maximum absolute atomic E-state index is 13.6. The van der Waals surface area contributed by atoms with E-state index in [4.69, 9.17) is 5.73 Å². The van der Waals surface area contributed by atoms with Crippen molar-refractivity contribution in [2.24, 2.45) is 5.73 Å². The molecule has 1 aromatic heterocycles. The Hall–Kier alpha value is -1.93. The van der Waals surface area contributed by atoms with Crippen LogP contribution in [0.2, 0.25) is 0 Å². The summed E-state index contributed by atoms with van der Waals surface area (Å²) >= 11 is 1.50. The minimum Gasteiger partial charge on any atom is -0.331 e. The molecular weight excluding hydrogens is 327 g/mol. The zero-order valence-corrected chi connectivity index (χ0v) is 12.9. The maximum atomic E-state index is 13.6. The highest BCUT2D eigenvalue weighted by molar-refractivity contribution is 7.09. The van der Waals surface area contributed by atoms with Crippen LogP contribution in [0.15, 0.2) is 17.6 Å².